The van der Waals surface area contributed by atoms with E-state index in [2.05, 4.69) is 83.9 Å². The molecule has 0 fully saturated rings. The van der Waals surface area contributed by atoms with Crippen LogP contribution in [-0.2, 0) is 17.8 Å². The lowest BCUT2D eigenvalue weighted by Gasteiger charge is -2.37. The summed E-state index contributed by atoms with van der Waals surface area (Å²) in [4.78, 5) is 12.6. The fourth-order valence-electron chi connectivity index (χ4n) is 5.32. The number of allylic oxidation sites excluding steroid dienone is 1. The highest BCUT2D eigenvalue weighted by atomic mass is 16.1. The van der Waals surface area contributed by atoms with Crippen molar-refractivity contribution in [3.8, 4) is 0 Å². The van der Waals surface area contributed by atoms with Crippen LogP contribution in [0, 0.1) is 5.92 Å². The van der Waals surface area contributed by atoms with Crippen molar-refractivity contribution in [1.29, 1.82) is 0 Å². The molecule has 1 heterocycles. The van der Waals surface area contributed by atoms with E-state index in [1.165, 1.54) is 39.6 Å². The maximum atomic E-state index is 12.6. The minimum atomic E-state index is -0.106. The van der Waals surface area contributed by atoms with Gasteiger partial charge >= 0.3 is 0 Å². The molecule has 0 N–H and O–H groups in total. The topological polar surface area (TPSA) is 22.0 Å². The zero-order valence-electron chi connectivity index (χ0n) is 16.9. The molecule has 3 atom stereocenters. The third-order valence-corrected chi connectivity index (χ3v) is 6.55. The van der Waals surface area contributed by atoms with Crippen LogP contribution in [0.1, 0.15) is 34.2 Å². The second kappa shape index (κ2) is 7.79. The highest BCUT2D eigenvalue weighted by Crippen LogP contribution is 2.50. The Bertz CT molecular complexity index is 1190. The second-order valence-corrected chi connectivity index (χ2v) is 8.10. The van der Waals surface area contributed by atoms with E-state index in [0.29, 0.717) is 0 Å². The van der Waals surface area contributed by atoms with Gasteiger partial charge in [0.2, 0.25) is 0 Å². The van der Waals surface area contributed by atoms with Gasteiger partial charge in [-0.1, -0.05) is 84.9 Å². The third-order valence-electron chi connectivity index (χ3n) is 6.55. The van der Waals surface area contributed by atoms with Crippen molar-refractivity contribution in [2.45, 2.75) is 24.8 Å². The Balaban J connectivity index is 1.82. The molecule has 30 heavy (non-hydrogen) atoms. The van der Waals surface area contributed by atoms with Gasteiger partial charge in [-0.3, -0.25) is 0 Å². The quantitative estimate of drug-likeness (QED) is 0.297. The molecule has 2 nitrogen and oxygen atoms in total. The Morgan fingerprint density at radius 2 is 1.50 bits per heavy atom. The lowest BCUT2D eigenvalue weighted by Crippen LogP contribution is -2.31. The highest BCUT2D eigenvalue weighted by molar-refractivity contribution is 5.88. The number of nitrogens with zero attached hydrogens (tertiary/aromatic N) is 1. The van der Waals surface area contributed by atoms with Crippen LogP contribution in [0.2, 0.25) is 0 Å². The summed E-state index contributed by atoms with van der Waals surface area (Å²) in [6.45, 7) is 4.77. The maximum Gasteiger partial charge on any atom is 0.124 e. The molecule has 1 aliphatic rings. The van der Waals surface area contributed by atoms with E-state index in [1.54, 1.807) is 0 Å². The average Bonchev–Trinajstić information content (AvgIpc) is 3.12. The molecule has 4 aromatic rings. The summed E-state index contributed by atoms with van der Waals surface area (Å²) in [7, 11) is 0. The minimum absolute atomic E-state index is 0.0358. The number of benzene rings is 3. The summed E-state index contributed by atoms with van der Waals surface area (Å²) in [6.07, 6.45) is 4.01. The van der Waals surface area contributed by atoms with E-state index in [-0.39, 0.29) is 17.8 Å². The fraction of sp³-hybridized carbons (Fsp3) is 0.179. The molecule has 2 heteroatoms. The highest BCUT2D eigenvalue weighted by Gasteiger charge is 2.41. The Labute approximate surface area is 177 Å². The number of hydrogen-bond acceptors (Lipinski definition) is 1. The summed E-state index contributed by atoms with van der Waals surface area (Å²) in [6, 6.07) is 29.6. The smallest absolute Gasteiger partial charge is 0.124 e. The lowest BCUT2D eigenvalue weighted by molar-refractivity contribution is -0.112. The van der Waals surface area contributed by atoms with Gasteiger partial charge in [-0.15, -0.1) is 6.58 Å². The Kier molecular flexibility index (Phi) is 4.84. The summed E-state index contributed by atoms with van der Waals surface area (Å²) >= 11 is 0. The zero-order valence-corrected chi connectivity index (χ0v) is 16.9. The first kappa shape index (κ1) is 18.6. The molecule has 3 aromatic carbocycles. The van der Waals surface area contributed by atoms with E-state index in [9.17, 15) is 4.79 Å². The first-order chi connectivity index (χ1) is 14.8. The van der Waals surface area contributed by atoms with Crippen LogP contribution in [0.3, 0.4) is 0 Å². The van der Waals surface area contributed by atoms with Crippen molar-refractivity contribution >= 4 is 17.2 Å². The van der Waals surface area contributed by atoms with Gasteiger partial charge in [0.05, 0.1) is 0 Å². The van der Waals surface area contributed by atoms with Gasteiger partial charge in [-0.2, -0.15) is 0 Å². The van der Waals surface area contributed by atoms with E-state index in [1.807, 2.05) is 18.2 Å². The molecular weight excluding hydrogens is 366 g/mol. The van der Waals surface area contributed by atoms with Crippen LogP contribution in [0.4, 0.5) is 0 Å². The molecule has 0 aliphatic heterocycles. The molecular formula is C28H25NO. The van der Waals surface area contributed by atoms with Crippen molar-refractivity contribution in [3.05, 3.63) is 120 Å². The molecule has 1 aliphatic carbocycles. The van der Waals surface area contributed by atoms with Gasteiger partial charge in [-0.25, -0.2) is 0 Å². The minimum Gasteiger partial charge on any atom is -0.340 e. The molecule has 0 spiro atoms. The largest absolute Gasteiger partial charge is 0.340 e. The fourth-order valence-corrected chi connectivity index (χ4v) is 5.32. The molecule has 1 aromatic heterocycles. The van der Waals surface area contributed by atoms with Gasteiger partial charge in [0.1, 0.15) is 6.29 Å². The summed E-state index contributed by atoms with van der Waals surface area (Å²) < 4.78 is 2.39. The molecule has 0 saturated carbocycles. The monoisotopic (exact) mass is 391 g/mol. The van der Waals surface area contributed by atoms with E-state index in [0.717, 1.165) is 13.0 Å². The number of rotatable bonds is 5. The summed E-state index contributed by atoms with van der Waals surface area (Å²) in [5.41, 5.74) is 6.30. The first-order valence-electron chi connectivity index (χ1n) is 10.6. The standard InChI is InChI=1S/C28H25NO/c1-2-17-29-25-16-10-9-15-22(25)28-26(29)18-23(20-11-5-3-6-12-20)24(19-30)27(28)21-13-7-4-8-14-21/h2-16,19,23-24,27H,1,17-18H2/t23-,24+,27-/m0/s1. The Morgan fingerprint density at radius 1 is 0.867 bits per heavy atom. The number of aromatic nitrogens is 1. The van der Waals surface area contributed by atoms with Crippen LogP contribution >= 0.6 is 0 Å². The number of para-hydroxylation sites is 1. The molecule has 0 bridgehead atoms. The van der Waals surface area contributed by atoms with Crippen molar-refractivity contribution in [1.82, 2.24) is 4.57 Å². The molecule has 0 amide bonds. The Hall–Kier alpha value is -3.39. The van der Waals surface area contributed by atoms with Gasteiger partial charge in [-0.05, 0) is 35.1 Å². The molecule has 148 valence electrons. The average molecular weight is 392 g/mol. The van der Waals surface area contributed by atoms with Crippen molar-refractivity contribution in [2.75, 3.05) is 0 Å². The van der Waals surface area contributed by atoms with E-state index >= 15 is 0 Å². The van der Waals surface area contributed by atoms with Gasteiger partial charge in [0, 0.05) is 35.0 Å². The van der Waals surface area contributed by atoms with Gasteiger partial charge in [0.15, 0.2) is 0 Å². The van der Waals surface area contributed by atoms with Crippen LogP contribution in [0.15, 0.2) is 97.6 Å². The lowest BCUT2D eigenvalue weighted by atomic mass is 9.66. The van der Waals surface area contributed by atoms with Crippen LogP contribution in [0.25, 0.3) is 10.9 Å². The van der Waals surface area contributed by atoms with Crippen LogP contribution in [-0.4, -0.2) is 10.9 Å². The number of aldehydes is 1. The van der Waals surface area contributed by atoms with E-state index in [4.69, 9.17) is 0 Å². The first-order valence-corrected chi connectivity index (χ1v) is 10.6. The number of fused-ring (bicyclic) bond motifs is 3. The number of hydrogen-bond donors (Lipinski definition) is 0. The van der Waals surface area contributed by atoms with Crippen molar-refractivity contribution in [2.24, 2.45) is 5.92 Å². The number of carbonyl (C=O) groups is 1. The maximum absolute atomic E-state index is 12.6. The summed E-state index contributed by atoms with van der Waals surface area (Å²) in [5, 5.41) is 1.25. The van der Waals surface area contributed by atoms with Gasteiger partial charge in [0.25, 0.3) is 0 Å². The van der Waals surface area contributed by atoms with Gasteiger partial charge < -0.3 is 9.36 Å². The van der Waals surface area contributed by atoms with Crippen LogP contribution in [0.5, 0.6) is 0 Å². The van der Waals surface area contributed by atoms with Crippen LogP contribution < -0.4 is 0 Å². The van der Waals surface area contributed by atoms with Crippen molar-refractivity contribution in [3.63, 3.8) is 0 Å². The molecule has 0 unspecified atom stereocenters. The third kappa shape index (κ3) is 2.91. The summed E-state index contributed by atoms with van der Waals surface area (Å²) in [5.74, 6) is 0.0770. The predicted molar refractivity (Wildman–Crippen MR) is 123 cm³/mol. The van der Waals surface area contributed by atoms with Crippen molar-refractivity contribution < 1.29 is 4.79 Å². The predicted octanol–water partition coefficient (Wildman–Crippen LogP) is 6.11. The normalized spacial score (nSPS) is 20.6. The molecule has 0 saturated heterocycles. The second-order valence-electron chi connectivity index (χ2n) is 8.10. The SMILES string of the molecule is C=CCn1c2c(c3ccccc31)[C@@H](c1ccccc1)[C@H](C=O)[C@H](c1ccccc1)C2. The number of carbonyl (C=O) groups excluding carboxylic acids is 1. The van der Waals surface area contributed by atoms with E-state index < -0.39 is 0 Å². The molecule has 0 radical (unpaired) electrons. The zero-order chi connectivity index (χ0) is 20.5. The Morgan fingerprint density at radius 3 is 2.17 bits per heavy atom. The molecule has 5 rings (SSSR count).